The standard InChI is InChI=1S/C26H32N2O4/c1-26(2,3)23(29)22-21-20(24(30)27(25(21)31)16-8-6-5-7-9-16)19-12-10-15-14-17(32-4)11-13-18(15)28(19)22/h10-14,16,19-22H,5-9H2,1-4H3/t19-,20-,21+,22-/m1/s1. The van der Waals surface area contributed by atoms with Crippen molar-refractivity contribution in [1.82, 2.24) is 4.90 Å². The summed E-state index contributed by atoms with van der Waals surface area (Å²) in [4.78, 5) is 44.8. The van der Waals surface area contributed by atoms with E-state index in [2.05, 4.69) is 0 Å². The predicted molar refractivity (Wildman–Crippen MR) is 122 cm³/mol. The number of ether oxygens (including phenoxy) is 1. The van der Waals surface area contributed by atoms with Gasteiger partial charge in [0.05, 0.1) is 25.0 Å². The minimum absolute atomic E-state index is 0.0127. The number of carbonyl (C=O) groups is 3. The van der Waals surface area contributed by atoms with Crippen LogP contribution in [-0.4, -0.2) is 47.7 Å². The topological polar surface area (TPSA) is 66.9 Å². The number of rotatable bonds is 3. The van der Waals surface area contributed by atoms with E-state index in [9.17, 15) is 14.4 Å². The molecule has 6 nitrogen and oxygen atoms in total. The maximum Gasteiger partial charge on any atom is 0.236 e. The highest BCUT2D eigenvalue weighted by molar-refractivity contribution is 6.12. The number of hydrogen-bond donors (Lipinski definition) is 0. The monoisotopic (exact) mass is 436 g/mol. The van der Waals surface area contributed by atoms with Gasteiger partial charge >= 0.3 is 0 Å². The van der Waals surface area contributed by atoms with Gasteiger partial charge in [-0.1, -0.05) is 52.2 Å². The summed E-state index contributed by atoms with van der Waals surface area (Å²) >= 11 is 0. The highest BCUT2D eigenvalue weighted by Gasteiger charge is 2.65. The van der Waals surface area contributed by atoms with Crippen molar-refractivity contribution in [2.45, 2.75) is 71.0 Å². The molecule has 1 aliphatic carbocycles. The lowest BCUT2D eigenvalue weighted by Crippen LogP contribution is -2.53. The molecule has 32 heavy (non-hydrogen) atoms. The summed E-state index contributed by atoms with van der Waals surface area (Å²) in [6, 6.07) is 4.81. The number of nitrogens with zero attached hydrogens (tertiary/aromatic N) is 2. The minimum atomic E-state index is -0.646. The molecule has 2 saturated heterocycles. The molecule has 3 fully saturated rings. The Bertz CT molecular complexity index is 1000. The Kier molecular flexibility index (Phi) is 4.95. The van der Waals surface area contributed by atoms with Crippen LogP contribution in [0.5, 0.6) is 5.75 Å². The lowest BCUT2D eigenvalue weighted by molar-refractivity contribution is -0.145. The molecule has 6 heteroatoms. The molecule has 0 aromatic heterocycles. The van der Waals surface area contributed by atoms with Gasteiger partial charge in [0.25, 0.3) is 0 Å². The molecular formula is C26H32N2O4. The van der Waals surface area contributed by atoms with E-state index < -0.39 is 23.3 Å². The molecule has 3 heterocycles. The fourth-order valence-corrected chi connectivity index (χ4v) is 6.14. The van der Waals surface area contributed by atoms with E-state index in [1.807, 2.05) is 56.0 Å². The second-order valence-electron chi connectivity index (χ2n) is 10.6. The lowest BCUT2D eigenvalue weighted by Gasteiger charge is -2.39. The van der Waals surface area contributed by atoms with E-state index >= 15 is 0 Å². The van der Waals surface area contributed by atoms with Gasteiger partial charge in [-0.3, -0.25) is 19.3 Å². The van der Waals surface area contributed by atoms with E-state index in [1.54, 1.807) is 12.0 Å². The summed E-state index contributed by atoms with van der Waals surface area (Å²) in [6.07, 6.45) is 9.01. The summed E-state index contributed by atoms with van der Waals surface area (Å²) in [5.41, 5.74) is 1.20. The lowest BCUT2D eigenvalue weighted by atomic mass is 9.79. The molecule has 2 amide bonds. The Labute approximate surface area is 189 Å². The van der Waals surface area contributed by atoms with Gasteiger partial charge in [-0.05, 0) is 31.0 Å². The van der Waals surface area contributed by atoms with Crippen LogP contribution in [0.1, 0.15) is 58.4 Å². The van der Waals surface area contributed by atoms with Crippen LogP contribution in [0.25, 0.3) is 6.08 Å². The van der Waals surface area contributed by atoms with Gasteiger partial charge in [0.1, 0.15) is 11.8 Å². The van der Waals surface area contributed by atoms with Crippen molar-refractivity contribution in [2.24, 2.45) is 17.3 Å². The number of imide groups is 1. The van der Waals surface area contributed by atoms with Crippen LogP contribution in [0.15, 0.2) is 24.3 Å². The number of anilines is 1. The highest BCUT2D eigenvalue weighted by atomic mass is 16.5. The number of hydrogen-bond acceptors (Lipinski definition) is 5. The number of methoxy groups -OCH3 is 1. The molecule has 4 aliphatic rings. The number of carbonyl (C=O) groups excluding carboxylic acids is 3. The van der Waals surface area contributed by atoms with E-state index in [4.69, 9.17) is 4.74 Å². The Morgan fingerprint density at radius 1 is 1.03 bits per heavy atom. The number of amides is 2. The average molecular weight is 437 g/mol. The molecule has 5 rings (SSSR count). The van der Waals surface area contributed by atoms with Crippen molar-refractivity contribution < 1.29 is 19.1 Å². The van der Waals surface area contributed by atoms with Crippen molar-refractivity contribution in [3.63, 3.8) is 0 Å². The zero-order valence-electron chi connectivity index (χ0n) is 19.3. The average Bonchev–Trinajstić information content (AvgIpc) is 3.25. The maximum atomic E-state index is 13.8. The molecule has 3 aliphatic heterocycles. The quantitative estimate of drug-likeness (QED) is 0.674. The summed E-state index contributed by atoms with van der Waals surface area (Å²) in [5.74, 6) is -0.620. The maximum absolute atomic E-state index is 13.8. The number of fused-ring (bicyclic) bond motifs is 5. The van der Waals surface area contributed by atoms with Crippen molar-refractivity contribution in [3.05, 3.63) is 29.8 Å². The summed E-state index contributed by atoms with van der Waals surface area (Å²) in [5, 5.41) is 0. The summed E-state index contributed by atoms with van der Waals surface area (Å²) in [7, 11) is 1.63. The fourth-order valence-electron chi connectivity index (χ4n) is 6.14. The van der Waals surface area contributed by atoms with Crippen LogP contribution in [0.3, 0.4) is 0 Å². The van der Waals surface area contributed by atoms with Crippen LogP contribution < -0.4 is 9.64 Å². The first kappa shape index (κ1) is 21.2. The first-order valence-electron chi connectivity index (χ1n) is 11.8. The molecular weight excluding hydrogens is 404 g/mol. The zero-order chi connectivity index (χ0) is 22.8. The molecule has 170 valence electrons. The van der Waals surface area contributed by atoms with Gasteiger partial charge in [0.15, 0.2) is 5.78 Å². The van der Waals surface area contributed by atoms with E-state index in [-0.39, 0.29) is 29.7 Å². The van der Waals surface area contributed by atoms with Gasteiger partial charge in [-0.2, -0.15) is 0 Å². The Morgan fingerprint density at radius 2 is 1.72 bits per heavy atom. The molecule has 0 N–H and O–H groups in total. The molecule has 1 aromatic rings. The van der Waals surface area contributed by atoms with Gasteiger partial charge in [-0.25, -0.2) is 0 Å². The summed E-state index contributed by atoms with van der Waals surface area (Å²) in [6.45, 7) is 5.69. The molecule has 0 spiro atoms. The smallest absolute Gasteiger partial charge is 0.236 e. The van der Waals surface area contributed by atoms with Gasteiger partial charge < -0.3 is 9.64 Å². The van der Waals surface area contributed by atoms with Crippen molar-refractivity contribution >= 4 is 29.4 Å². The third-order valence-electron chi connectivity index (χ3n) is 7.69. The number of Topliss-reactive ketones (excluding diaryl/α,β-unsaturated/α-hetero) is 1. The molecule has 0 unspecified atom stereocenters. The zero-order valence-corrected chi connectivity index (χ0v) is 19.3. The van der Waals surface area contributed by atoms with Crippen molar-refractivity contribution in [3.8, 4) is 5.75 Å². The van der Waals surface area contributed by atoms with Crippen molar-refractivity contribution in [1.29, 1.82) is 0 Å². The third-order valence-corrected chi connectivity index (χ3v) is 7.69. The minimum Gasteiger partial charge on any atom is -0.497 e. The molecule has 0 bridgehead atoms. The second kappa shape index (κ2) is 7.46. The summed E-state index contributed by atoms with van der Waals surface area (Å²) < 4.78 is 5.38. The molecule has 1 aromatic carbocycles. The second-order valence-corrected chi connectivity index (χ2v) is 10.6. The molecule has 4 atom stereocenters. The first-order chi connectivity index (χ1) is 15.2. The van der Waals surface area contributed by atoms with E-state index in [1.165, 1.54) is 0 Å². The highest BCUT2D eigenvalue weighted by Crippen LogP contribution is 2.51. The Balaban J connectivity index is 1.60. The largest absolute Gasteiger partial charge is 0.497 e. The van der Waals surface area contributed by atoms with Crippen molar-refractivity contribution in [2.75, 3.05) is 12.0 Å². The van der Waals surface area contributed by atoms with Crippen LogP contribution in [-0.2, 0) is 14.4 Å². The SMILES string of the molecule is COc1ccc2c(c1)C=C[C@@H]1[C@H]3C(=O)N(C4CCCCC4)C(=O)[C@@H]3[C@H](C(=O)C(C)(C)C)N21. The van der Waals surface area contributed by atoms with Crippen LogP contribution in [0, 0.1) is 17.3 Å². The Morgan fingerprint density at radius 3 is 2.38 bits per heavy atom. The van der Waals surface area contributed by atoms with Gasteiger partial charge in [-0.15, -0.1) is 0 Å². The van der Waals surface area contributed by atoms with Crippen LogP contribution in [0.2, 0.25) is 0 Å². The van der Waals surface area contributed by atoms with Crippen LogP contribution in [0.4, 0.5) is 5.69 Å². The van der Waals surface area contributed by atoms with Crippen LogP contribution >= 0.6 is 0 Å². The molecule has 0 radical (unpaired) electrons. The number of benzene rings is 1. The van der Waals surface area contributed by atoms with Gasteiger partial charge in [0, 0.05) is 22.7 Å². The van der Waals surface area contributed by atoms with Gasteiger partial charge in [0.2, 0.25) is 11.8 Å². The third kappa shape index (κ3) is 3.02. The number of ketones is 1. The van der Waals surface area contributed by atoms with E-state index in [0.717, 1.165) is 49.1 Å². The molecule has 1 saturated carbocycles. The Hall–Kier alpha value is -2.63. The normalized spacial score (nSPS) is 29.8. The number of likely N-dealkylation sites (tertiary alicyclic amines) is 1. The van der Waals surface area contributed by atoms with E-state index in [0.29, 0.717) is 0 Å². The fraction of sp³-hybridized carbons (Fsp3) is 0.577. The predicted octanol–water partition coefficient (Wildman–Crippen LogP) is 3.83. The first-order valence-corrected chi connectivity index (χ1v) is 11.8.